The largest absolute Gasteiger partial charge is 0.389 e. The molecule has 0 aromatic carbocycles. The molecule has 2 nitrogen and oxygen atoms in total. The fourth-order valence-electron chi connectivity index (χ4n) is 0.234. The molecule has 0 saturated carbocycles. The Morgan fingerprint density at radius 3 is 2.88 bits per heavy atom. The molecule has 8 heavy (non-hydrogen) atoms. The van der Waals surface area contributed by atoms with E-state index in [0.717, 1.165) is 0 Å². The highest BCUT2D eigenvalue weighted by atomic mass is 32.2. The lowest BCUT2D eigenvalue weighted by Crippen LogP contribution is -2.23. The molecular formula is C4H10FNOS. The summed E-state index contributed by atoms with van der Waals surface area (Å²) in [5.41, 5.74) is 0. The van der Waals surface area contributed by atoms with Crippen molar-refractivity contribution in [1.82, 2.24) is 4.72 Å². The van der Waals surface area contributed by atoms with Crippen LogP contribution in [0.3, 0.4) is 0 Å². The summed E-state index contributed by atoms with van der Waals surface area (Å²) < 4.78 is 14.1. The van der Waals surface area contributed by atoms with E-state index < -0.39 is 12.8 Å². The maximum absolute atomic E-state index is 11.4. The molecule has 4 heteroatoms. The Kier molecular flexibility index (Phi) is 5.47. The molecule has 0 radical (unpaired) electrons. The highest BCUT2D eigenvalue weighted by Gasteiger charge is 1.98. The Morgan fingerprint density at radius 2 is 2.50 bits per heavy atom. The number of rotatable bonds is 4. The molecule has 0 fully saturated rings. The summed E-state index contributed by atoms with van der Waals surface area (Å²) in [6.07, 6.45) is 0.979. The van der Waals surface area contributed by atoms with Crippen LogP contribution in [0.5, 0.6) is 0 Å². The quantitative estimate of drug-likeness (QED) is 0.545. The summed E-state index contributed by atoms with van der Waals surface area (Å²) in [7, 11) is 0. The first-order valence-electron chi connectivity index (χ1n) is 2.31. The standard InChI is InChI=1S/C4H10FNOS/c1-8-6-3-4(7)2-5/h4,6-7H,2-3H2,1H3. The average molecular weight is 139 g/mol. The van der Waals surface area contributed by atoms with E-state index in [1.807, 2.05) is 6.26 Å². The van der Waals surface area contributed by atoms with E-state index in [2.05, 4.69) is 4.72 Å². The number of aliphatic hydroxyl groups is 1. The lowest BCUT2D eigenvalue weighted by atomic mass is 10.4. The third-order valence-corrected chi connectivity index (χ3v) is 1.10. The van der Waals surface area contributed by atoms with Crippen molar-refractivity contribution in [2.45, 2.75) is 6.10 Å². The number of hydrogen-bond donors (Lipinski definition) is 2. The van der Waals surface area contributed by atoms with E-state index in [1.165, 1.54) is 11.9 Å². The first-order valence-corrected chi connectivity index (χ1v) is 3.53. The third kappa shape index (κ3) is 4.36. The van der Waals surface area contributed by atoms with E-state index >= 15 is 0 Å². The number of nitrogens with one attached hydrogen (secondary N) is 1. The van der Waals surface area contributed by atoms with Gasteiger partial charge >= 0.3 is 0 Å². The van der Waals surface area contributed by atoms with Crippen molar-refractivity contribution in [3.63, 3.8) is 0 Å². The highest BCUT2D eigenvalue weighted by molar-refractivity contribution is 7.96. The maximum Gasteiger partial charge on any atom is 0.117 e. The fraction of sp³-hybridized carbons (Fsp3) is 1.00. The van der Waals surface area contributed by atoms with Gasteiger partial charge in [-0.1, -0.05) is 11.9 Å². The molecule has 0 aliphatic carbocycles. The molecule has 1 unspecified atom stereocenters. The number of hydrogen-bond acceptors (Lipinski definition) is 3. The minimum atomic E-state index is -0.845. The van der Waals surface area contributed by atoms with Gasteiger partial charge in [-0.2, -0.15) is 0 Å². The van der Waals surface area contributed by atoms with Crippen LogP contribution < -0.4 is 4.72 Å². The van der Waals surface area contributed by atoms with E-state index in [-0.39, 0.29) is 0 Å². The van der Waals surface area contributed by atoms with Gasteiger partial charge in [0, 0.05) is 6.54 Å². The fourth-order valence-corrected chi connectivity index (χ4v) is 0.593. The highest BCUT2D eigenvalue weighted by Crippen LogP contribution is 1.85. The van der Waals surface area contributed by atoms with Crippen molar-refractivity contribution in [3.8, 4) is 0 Å². The molecule has 0 rings (SSSR count). The third-order valence-electron chi connectivity index (χ3n) is 0.641. The van der Waals surface area contributed by atoms with Gasteiger partial charge in [0.15, 0.2) is 0 Å². The zero-order valence-corrected chi connectivity index (χ0v) is 5.54. The lowest BCUT2D eigenvalue weighted by molar-refractivity contribution is 0.144. The van der Waals surface area contributed by atoms with Gasteiger partial charge in [-0.15, -0.1) is 0 Å². The van der Waals surface area contributed by atoms with Gasteiger partial charge in [0.1, 0.15) is 6.67 Å². The predicted octanol–water partition coefficient (Wildman–Crippen LogP) is 0.184. The van der Waals surface area contributed by atoms with Crippen LogP contribution in [-0.4, -0.2) is 30.7 Å². The van der Waals surface area contributed by atoms with E-state index in [9.17, 15) is 4.39 Å². The van der Waals surface area contributed by atoms with Crippen LogP contribution in [0.2, 0.25) is 0 Å². The normalized spacial score (nSPS) is 13.9. The van der Waals surface area contributed by atoms with Crippen LogP contribution in [0.1, 0.15) is 0 Å². The summed E-state index contributed by atoms with van der Waals surface area (Å²) in [6.45, 7) is -0.356. The second-order valence-corrected chi connectivity index (χ2v) is 2.06. The van der Waals surface area contributed by atoms with E-state index in [0.29, 0.717) is 6.54 Å². The van der Waals surface area contributed by atoms with Crippen LogP contribution >= 0.6 is 11.9 Å². The van der Waals surface area contributed by atoms with Crippen molar-refractivity contribution in [3.05, 3.63) is 0 Å². The molecule has 0 aliphatic heterocycles. The summed E-state index contributed by atoms with van der Waals surface area (Å²) in [5, 5.41) is 8.54. The topological polar surface area (TPSA) is 32.3 Å². The molecule has 0 aliphatic rings. The van der Waals surface area contributed by atoms with Gasteiger partial charge in [-0.3, -0.25) is 4.72 Å². The predicted molar refractivity (Wildman–Crippen MR) is 33.5 cm³/mol. The Hall–Kier alpha value is 0.200. The van der Waals surface area contributed by atoms with Crippen LogP contribution in [-0.2, 0) is 0 Å². The molecule has 0 bridgehead atoms. The molecule has 0 aromatic heterocycles. The number of aliphatic hydroxyl groups excluding tert-OH is 1. The van der Waals surface area contributed by atoms with Crippen molar-refractivity contribution >= 4 is 11.9 Å². The molecule has 1 atom stereocenters. The molecule has 0 heterocycles. The van der Waals surface area contributed by atoms with Gasteiger partial charge in [0.25, 0.3) is 0 Å². The molecule has 50 valence electrons. The molecule has 0 saturated heterocycles. The Morgan fingerprint density at radius 1 is 1.88 bits per heavy atom. The van der Waals surface area contributed by atoms with Crippen molar-refractivity contribution in [2.24, 2.45) is 0 Å². The van der Waals surface area contributed by atoms with Gasteiger partial charge in [-0.05, 0) is 6.26 Å². The van der Waals surface area contributed by atoms with E-state index in [4.69, 9.17) is 5.11 Å². The molecular weight excluding hydrogens is 129 g/mol. The summed E-state index contributed by atoms with van der Waals surface area (Å²) in [6, 6.07) is 0. The first kappa shape index (κ1) is 8.20. The molecule has 0 spiro atoms. The van der Waals surface area contributed by atoms with Crippen LogP contribution in [0.25, 0.3) is 0 Å². The number of halogens is 1. The van der Waals surface area contributed by atoms with E-state index in [1.54, 1.807) is 0 Å². The van der Waals surface area contributed by atoms with Crippen molar-refractivity contribution < 1.29 is 9.50 Å². The SMILES string of the molecule is CSNCC(O)CF. The van der Waals surface area contributed by atoms with Gasteiger partial charge < -0.3 is 5.11 Å². The summed E-state index contributed by atoms with van der Waals surface area (Å²) in [5.74, 6) is 0. The van der Waals surface area contributed by atoms with Crippen LogP contribution in [0.15, 0.2) is 0 Å². The zero-order chi connectivity index (χ0) is 6.41. The van der Waals surface area contributed by atoms with Gasteiger partial charge in [-0.25, -0.2) is 4.39 Å². The zero-order valence-electron chi connectivity index (χ0n) is 4.72. The average Bonchev–Trinajstić information content (AvgIpc) is 1.83. The first-order chi connectivity index (χ1) is 3.81. The minimum Gasteiger partial charge on any atom is -0.389 e. The smallest absolute Gasteiger partial charge is 0.117 e. The Labute approximate surface area is 52.6 Å². The minimum absolute atomic E-state index is 0.317. The van der Waals surface area contributed by atoms with Crippen LogP contribution in [0.4, 0.5) is 4.39 Å². The van der Waals surface area contributed by atoms with Crippen LogP contribution in [0, 0.1) is 0 Å². The van der Waals surface area contributed by atoms with Crippen molar-refractivity contribution in [1.29, 1.82) is 0 Å². The maximum atomic E-state index is 11.4. The van der Waals surface area contributed by atoms with Gasteiger partial charge in [0.05, 0.1) is 6.10 Å². The molecule has 0 aromatic rings. The second kappa shape index (κ2) is 5.34. The Bertz CT molecular complexity index is 55.3. The monoisotopic (exact) mass is 139 g/mol. The second-order valence-electron chi connectivity index (χ2n) is 1.36. The van der Waals surface area contributed by atoms with Crippen molar-refractivity contribution in [2.75, 3.05) is 19.5 Å². The van der Waals surface area contributed by atoms with Gasteiger partial charge in [0.2, 0.25) is 0 Å². The summed E-state index contributed by atoms with van der Waals surface area (Å²) in [4.78, 5) is 0. The number of alkyl halides is 1. The molecule has 2 N–H and O–H groups in total. The molecule has 0 amide bonds. The lowest BCUT2D eigenvalue weighted by Gasteiger charge is -2.03. The Balaban J connectivity index is 2.86. The summed E-state index contributed by atoms with van der Waals surface area (Å²) >= 11 is 1.37.